The molecule has 1 unspecified atom stereocenters. The number of carbonyl (C=O) groups excluding carboxylic acids is 1. The summed E-state index contributed by atoms with van der Waals surface area (Å²) < 4.78 is 5.16. The molecule has 1 aromatic rings. The van der Waals surface area contributed by atoms with Crippen LogP contribution in [0.15, 0.2) is 18.2 Å². The van der Waals surface area contributed by atoms with Crippen molar-refractivity contribution >= 4 is 11.6 Å². The molecule has 0 bridgehead atoms. The topological polar surface area (TPSA) is 38.3 Å². The van der Waals surface area contributed by atoms with E-state index in [1.807, 2.05) is 18.2 Å². The lowest BCUT2D eigenvalue weighted by Crippen LogP contribution is -2.16. The van der Waals surface area contributed by atoms with Crippen molar-refractivity contribution in [1.82, 2.24) is 0 Å². The van der Waals surface area contributed by atoms with E-state index in [0.717, 1.165) is 17.0 Å². The van der Waals surface area contributed by atoms with E-state index in [2.05, 4.69) is 19.2 Å². The van der Waals surface area contributed by atoms with Crippen LogP contribution in [0.4, 0.5) is 5.69 Å². The number of methoxy groups -OCH3 is 1. The van der Waals surface area contributed by atoms with Crippen LogP contribution in [0.5, 0.6) is 5.75 Å². The fraction of sp³-hybridized carbons (Fsp3) is 0.417. The molecule has 1 aliphatic heterocycles. The molecule has 1 aliphatic rings. The number of anilines is 1. The van der Waals surface area contributed by atoms with Crippen LogP contribution in [-0.2, 0) is 4.79 Å². The average molecular weight is 205 g/mol. The average Bonchev–Trinajstić information content (AvgIpc) is 2.52. The molecule has 0 spiro atoms. The third kappa shape index (κ3) is 1.58. The van der Waals surface area contributed by atoms with Gasteiger partial charge in [0.05, 0.1) is 13.0 Å². The molecule has 1 N–H and O–H groups in total. The molecule has 1 atom stereocenters. The van der Waals surface area contributed by atoms with Crippen molar-refractivity contribution in [2.75, 3.05) is 12.4 Å². The van der Waals surface area contributed by atoms with Crippen molar-refractivity contribution in [2.45, 2.75) is 19.8 Å². The molecule has 1 amide bonds. The quantitative estimate of drug-likeness (QED) is 0.805. The standard InChI is InChI=1S/C12H15NO2/c1-7(2)11-9-6-8(15-3)4-5-10(9)13-12(11)14/h4-7,11H,1-3H3,(H,13,14). The van der Waals surface area contributed by atoms with Gasteiger partial charge in [-0.2, -0.15) is 0 Å². The van der Waals surface area contributed by atoms with Crippen molar-refractivity contribution in [1.29, 1.82) is 0 Å². The molecule has 1 heterocycles. The molecule has 0 fully saturated rings. The highest BCUT2D eigenvalue weighted by Crippen LogP contribution is 2.38. The van der Waals surface area contributed by atoms with E-state index in [9.17, 15) is 4.79 Å². The Morgan fingerprint density at radius 3 is 2.73 bits per heavy atom. The fourth-order valence-corrected chi connectivity index (χ4v) is 2.05. The van der Waals surface area contributed by atoms with Crippen LogP contribution in [0.1, 0.15) is 25.3 Å². The lowest BCUT2D eigenvalue weighted by atomic mass is 9.90. The van der Waals surface area contributed by atoms with Gasteiger partial charge in [-0.05, 0) is 29.7 Å². The number of hydrogen-bond acceptors (Lipinski definition) is 2. The Morgan fingerprint density at radius 2 is 2.13 bits per heavy atom. The number of carbonyl (C=O) groups is 1. The van der Waals surface area contributed by atoms with E-state index in [0.29, 0.717) is 5.92 Å². The number of ether oxygens (including phenoxy) is 1. The summed E-state index contributed by atoms with van der Waals surface area (Å²) in [6.07, 6.45) is 0. The molecular formula is C12H15NO2. The summed E-state index contributed by atoms with van der Waals surface area (Å²) in [6, 6.07) is 5.70. The van der Waals surface area contributed by atoms with Gasteiger partial charge in [-0.3, -0.25) is 4.79 Å². The minimum atomic E-state index is -0.0462. The Labute approximate surface area is 89.4 Å². The molecule has 80 valence electrons. The number of rotatable bonds is 2. The van der Waals surface area contributed by atoms with Crippen molar-refractivity contribution in [3.63, 3.8) is 0 Å². The van der Waals surface area contributed by atoms with Gasteiger partial charge in [-0.25, -0.2) is 0 Å². The lowest BCUT2D eigenvalue weighted by molar-refractivity contribution is -0.117. The van der Waals surface area contributed by atoms with E-state index in [1.54, 1.807) is 7.11 Å². The predicted molar refractivity (Wildman–Crippen MR) is 59.2 cm³/mol. The number of nitrogens with one attached hydrogen (secondary N) is 1. The summed E-state index contributed by atoms with van der Waals surface area (Å²) in [7, 11) is 1.64. The molecule has 0 aromatic heterocycles. The van der Waals surface area contributed by atoms with E-state index >= 15 is 0 Å². The summed E-state index contributed by atoms with van der Waals surface area (Å²) in [5, 5.41) is 2.89. The van der Waals surface area contributed by atoms with E-state index < -0.39 is 0 Å². The molecule has 2 rings (SSSR count). The van der Waals surface area contributed by atoms with Gasteiger partial charge in [0.15, 0.2) is 0 Å². The number of amides is 1. The normalized spacial score (nSPS) is 18.9. The zero-order chi connectivity index (χ0) is 11.0. The van der Waals surface area contributed by atoms with E-state index in [1.165, 1.54) is 0 Å². The lowest BCUT2D eigenvalue weighted by Gasteiger charge is -2.13. The second-order valence-corrected chi connectivity index (χ2v) is 4.16. The first-order valence-electron chi connectivity index (χ1n) is 5.12. The second kappa shape index (κ2) is 3.57. The van der Waals surface area contributed by atoms with Crippen LogP contribution in [0, 0.1) is 5.92 Å². The smallest absolute Gasteiger partial charge is 0.232 e. The van der Waals surface area contributed by atoms with Gasteiger partial charge in [0.25, 0.3) is 0 Å². The van der Waals surface area contributed by atoms with E-state index in [4.69, 9.17) is 4.74 Å². The Morgan fingerprint density at radius 1 is 1.40 bits per heavy atom. The van der Waals surface area contributed by atoms with Crippen molar-refractivity contribution < 1.29 is 9.53 Å². The molecule has 3 heteroatoms. The summed E-state index contributed by atoms with van der Waals surface area (Å²) in [5.41, 5.74) is 1.97. The largest absolute Gasteiger partial charge is 0.497 e. The molecule has 0 radical (unpaired) electrons. The third-order valence-corrected chi connectivity index (χ3v) is 2.80. The second-order valence-electron chi connectivity index (χ2n) is 4.16. The predicted octanol–water partition coefficient (Wildman–Crippen LogP) is 2.39. The maximum atomic E-state index is 11.7. The monoisotopic (exact) mass is 205 g/mol. The number of benzene rings is 1. The van der Waals surface area contributed by atoms with Gasteiger partial charge in [-0.1, -0.05) is 13.8 Å². The fourth-order valence-electron chi connectivity index (χ4n) is 2.05. The van der Waals surface area contributed by atoms with Crippen LogP contribution < -0.4 is 10.1 Å². The number of hydrogen-bond donors (Lipinski definition) is 1. The summed E-state index contributed by atoms with van der Waals surface area (Å²) in [5.74, 6) is 1.15. The Kier molecular flexibility index (Phi) is 2.39. The third-order valence-electron chi connectivity index (χ3n) is 2.80. The first-order chi connectivity index (χ1) is 7.13. The highest BCUT2D eigenvalue weighted by molar-refractivity contribution is 6.03. The van der Waals surface area contributed by atoms with Crippen LogP contribution in [0.25, 0.3) is 0 Å². The molecule has 0 saturated carbocycles. The van der Waals surface area contributed by atoms with Crippen LogP contribution in [0.3, 0.4) is 0 Å². The Bertz CT molecular complexity index is 399. The maximum absolute atomic E-state index is 11.7. The molecule has 1 aromatic carbocycles. The molecule has 15 heavy (non-hydrogen) atoms. The van der Waals surface area contributed by atoms with Gasteiger partial charge >= 0.3 is 0 Å². The maximum Gasteiger partial charge on any atom is 0.232 e. The van der Waals surface area contributed by atoms with E-state index in [-0.39, 0.29) is 11.8 Å². The van der Waals surface area contributed by atoms with Crippen LogP contribution >= 0.6 is 0 Å². The summed E-state index contributed by atoms with van der Waals surface area (Å²) in [4.78, 5) is 11.7. The minimum Gasteiger partial charge on any atom is -0.497 e. The number of fused-ring (bicyclic) bond motifs is 1. The first kappa shape index (κ1) is 10.0. The highest BCUT2D eigenvalue weighted by Gasteiger charge is 2.32. The first-order valence-corrected chi connectivity index (χ1v) is 5.12. The highest BCUT2D eigenvalue weighted by atomic mass is 16.5. The summed E-state index contributed by atoms with van der Waals surface area (Å²) >= 11 is 0. The Hall–Kier alpha value is -1.51. The van der Waals surface area contributed by atoms with Crippen LogP contribution in [-0.4, -0.2) is 13.0 Å². The van der Waals surface area contributed by atoms with Crippen LogP contribution in [0.2, 0.25) is 0 Å². The van der Waals surface area contributed by atoms with Crippen molar-refractivity contribution in [3.8, 4) is 5.75 Å². The molecule has 0 aliphatic carbocycles. The zero-order valence-electron chi connectivity index (χ0n) is 9.20. The van der Waals surface area contributed by atoms with Crippen molar-refractivity contribution in [3.05, 3.63) is 23.8 Å². The zero-order valence-corrected chi connectivity index (χ0v) is 9.20. The van der Waals surface area contributed by atoms with Gasteiger partial charge in [-0.15, -0.1) is 0 Å². The van der Waals surface area contributed by atoms with Gasteiger partial charge < -0.3 is 10.1 Å². The van der Waals surface area contributed by atoms with Crippen molar-refractivity contribution in [2.24, 2.45) is 5.92 Å². The van der Waals surface area contributed by atoms with Gasteiger partial charge in [0.2, 0.25) is 5.91 Å². The minimum absolute atomic E-state index is 0.0462. The van der Waals surface area contributed by atoms with Gasteiger partial charge in [0.1, 0.15) is 5.75 Å². The molecular weight excluding hydrogens is 190 g/mol. The van der Waals surface area contributed by atoms with Gasteiger partial charge in [0, 0.05) is 5.69 Å². The SMILES string of the molecule is COc1ccc2c(c1)C(C(C)C)C(=O)N2. The molecule has 3 nitrogen and oxygen atoms in total. The Balaban J connectivity index is 2.46. The summed E-state index contributed by atoms with van der Waals surface area (Å²) in [6.45, 7) is 4.11. The molecule has 0 saturated heterocycles.